The quantitative estimate of drug-likeness (QED) is 0.419. The fraction of sp³-hybridized carbons (Fsp3) is 0.391. The molecule has 34 heavy (non-hydrogen) atoms. The molecular weight excluding hydrogens is 486 g/mol. The molecule has 11 heteroatoms. The van der Waals surface area contributed by atoms with Crippen molar-refractivity contribution in [3.63, 3.8) is 0 Å². The molecule has 0 spiro atoms. The van der Waals surface area contributed by atoms with E-state index in [1.54, 1.807) is 12.3 Å². The third kappa shape index (κ3) is 5.77. The number of halogens is 3. The molecule has 1 aliphatic carbocycles. The van der Waals surface area contributed by atoms with Gasteiger partial charge in [-0.05, 0) is 38.3 Å². The number of ether oxygens (including phenoxy) is 2. The lowest BCUT2D eigenvalue weighted by Gasteiger charge is -2.38. The Hall–Kier alpha value is -2.91. The zero-order valence-corrected chi connectivity index (χ0v) is 20.0. The van der Waals surface area contributed by atoms with Crippen LogP contribution in [-0.4, -0.2) is 34.2 Å². The third-order valence-electron chi connectivity index (χ3n) is 5.78. The summed E-state index contributed by atoms with van der Waals surface area (Å²) >= 11 is 11.7. The molecule has 0 bridgehead atoms. The molecule has 2 aromatic heterocycles. The van der Waals surface area contributed by atoms with Gasteiger partial charge in [-0.25, -0.2) is 4.39 Å². The normalized spacial score (nSPS) is 14.4. The summed E-state index contributed by atoms with van der Waals surface area (Å²) in [6.45, 7) is 2.10. The number of carbonyl (C=O) groups is 1. The van der Waals surface area contributed by atoms with Gasteiger partial charge in [0, 0.05) is 18.7 Å². The second-order valence-electron chi connectivity index (χ2n) is 8.13. The Morgan fingerprint density at radius 2 is 2.00 bits per heavy atom. The number of rotatable bonds is 10. The topological polar surface area (TPSA) is 99.4 Å². The van der Waals surface area contributed by atoms with Crippen LogP contribution in [0.4, 0.5) is 4.39 Å². The van der Waals surface area contributed by atoms with Gasteiger partial charge in [-0.2, -0.15) is 0 Å². The molecule has 2 heterocycles. The molecule has 1 amide bonds. The van der Waals surface area contributed by atoms with Crippen LogP contribution in [0.2, 0.25) is 10.0 Å². The first-order chi connectivity index (χ1) is 16.3. The number of aromatic nitrogens is 3. The number of aryl methyl sites for hydroxylation is 1. The fourth-order valence-corrected chi connectivity index (χ4v) is 3.89. The zero-order chi connectivity index (χ0) is 24.1. The highest BCUT2D eigenvalue weighted by Crippen LogP contribution is 2.45. The van der Waals surface area contributed by atoms with Crippen molar-refractivity contribution in [1.82, 2.24) is 20.5 Å². The Balaban J connectivity index is 1.25. The van der Waals surface area contributed by atoms with Gasteiger partial charge in [-0.3, -0.25) is 9.78 Å². The number of pyridine rings is 1. The van der Waals surface area contributed by atoms with Crippen LogP contribution in [0.5, 0.6) is 11.5 Å². The average molecular weight is 509 g/mol. The van der Waals surface area contributed by atoms with E-state index in [1.165, 1.54) is 12.1 Å². The Morgan fingerprint density at radius 1 is 1.18 bits per heavy atom. The second-order valence-corrected chi connectivity index (χ2v) is 8.94. The smallest absolute Gasteiger partial charge is 0.257 e. The lowest BCUT2D eigenvalue weighted by Crippen LogP contribution is -2.39. The van der Waals surface area contributed by atoms with Gasteiger partial charge in [0.1, 0.15) is 17.3 Å². The first-order valence-electron chi connectivity index (χ1n) is 10.8. The minimum absolute atomic E-state index is 0.00472. The predicted octanol–water partition coefficient (Wildman–Crippen LogP) is 4.80. The van der Waals surface area contributed by atoms with Crippen molar-refractivity contribution >= 4 is 29.1 Å². The van der Waals surface area contributed by atoms with Crippen molar-refractivity contribution in [2.45, 2.75) is 44.6 Å². The third-order valence-corrected chi connectivity index (χ3v) is 6.47. The van der Waals surface area contributed by atoms with Crippen molar-refractivity contribution in [3.05, 3.63) is 63.8 Å². The van der Waals surface area contributed by atoms with Crippen molar-refractivity contribution in [3.8, 4) is 11.5 Å². The van der Waals surface area contributed by atoms with Crippen LogP contribution in [0.3, 0.4) is 0 Å². The van der Waals surface area contributed by atoms with Gasteiger partial charge in [0.15, 0.2) is 13.2 Å². The molecule has 1 aromatic carbocycles. The summed E-state index contributed by atoms with van der Waals surface area (Å²) in [5.74, 6) is 0.729. The van der Waals surface area contributed by atoms with Crippen LogP contribution < -0.4 is 14.8 Å². The molecule has 0 saturated heterocycles. The van der Waals surface area contributed by atoms with Crippen LogP contribution in [0.15, 0.2) is 34.9 Å². The minimum Gasteiger partial charge on any atom is -0.484 e. The SMILES string of the molecule is Cc1ncc(OCc2nnc(C3(CCNC(=O)COc4ccc(Cl)c(F)c4)CCC3)o2)cc1Cl. The summed E-state index contributed by atoms with van der Waals surface area (Å²) in [5, 5.41) is 11.6. The molecule has 8 nitrogen and oxygen atoms in total. The molecule has 180 valence electrons. The van der Waals surface area contributed by atoms with Gasteiger partial charge in [-0.1, -0.05) is 29.6 Å². The van der Waals surface area contributed by atoms with E-state index in [0.29, 0.717) is 35.5 Å². The highest BCUT2D eigenvalue weighted by atomic mass is 35.5. The van der Waals surface area contributed by atoms with Crippen LogP contribution in [0.1, 0.15) is 43.2 Å². The largest absolute Gasteiger partial charge is 0.484 e. The number of amides is 1. The Labute approximate surface area is 205 Å². The molecular formula is C23H23Cl2FN4O4. The molecule has 1 aliphatic rings. The number of hydrogen-bond acceptors (Lipinski definition) is 7. The predicted molar refractivity (Wildman–Crippen MR) is 123 cm³/mol. The molecule has 1 N–H and O–H groups in total. The number of hydrogen-bond donors (Lipinski definition) is 1. The average Bonchev–Trinajstić information content (AvgIpc) is 3.26. The van der Waals surface area contributed by atoms with Gasteiger partial charge >= 0.3 is 0 Å². The summed E-state index contributed by atoms with van der Waals surface area (Å²) < 4.78 is 30.3. The van der Waals surface area contributed by atoms with Gasteiger partial charge < -0.3 is 19.2 Å². The monoisotopic (exact) mass is 508 g/mol. The highest BCUT2D eigenvalue weighted by molar-refractivity contribution is 6.31. The molecule has 0 atom stereocenters. The maximum atomic E-state index is 13.5. The van der Waals surface area contributed by atoms with Gasteiger partial charge in [0.05, 0.1) is 27.4 Å². The van der Waals surface area contributed by atoms with Gasteiger partial charge in [-0.15, -0.1) is 10.2 Å². The van der Waals surface area contributed by atoms with E-state index in [9.17, 15) is 9.18 Å². The molecule has 4 rings (SSSR count). The molecule has 1 fully saturated rings. The van der Waals surface area contributed by atoms with Crippen molar-refractivity contribution < 1.29 is 23.1 Å². The Bertz CT molecular complexity index is 1170. The number of benzene rings is 1. The standard InChI is InChI=1S/C23H23Cl2FN4O4/c1-14-18(25)9-16(11-28-14)33-13-21-29-30-22(34-21)23(5-2-6-23)7-8-27-20(31)12-32-15-3-4-17(24)19(26)10-15/h3-4,9-11H,2,5-8,12-13H2,1H3,(H,27,31). The molecule has 0 aliphatic heterocycles. The van der Waals surface area contributed by atoms with Crippen molar-refractivity contribution in [1.29, 1.82) is 0 Å². The lowest BCUT2D eigenvalue weighted by atomic mass is 9.66. The maximum Gasteiger partial charge on any atom is 0.257 e. The molecule has 3 aromatic rings. The molecule has 0 radical (unpaired) electrons. The summed E-state index contributed by atoms with van der Waals surface area (Å²) in [4.78, 5) is 16.3. The van der Waals surface area contributed by atoms with Crippen LogP contribution in [0, 0.1) is 12.7 Å². The Kier molecular flexibility index (Phi) is 7.53. The second kappa shape index (κ2) is 10.6. The highest BCUT2D eigenvalue weighted by Gasteiger charge is 2.43. The lowest BCUT2D eigenvalue weighted by molar-refractivity contribution is -0.123. The van der Waals surface area contributed by atoms with E-state index in [4.69, 9.17) is 37.1 Å². The van der Waals surface area contributed by atoms with Crippen LogP contribution in [0.25, 0.3) is 0 Å². The Morgan fingerprint density at radius 3 is 2.71 bits per heavy atom. The van der Waals surface area contributed by atoms with E-state index < -0.39 is 5.82 Å². The maximum absolute atomic E-state index is 13.5. The number of carbonyl (C=O) groups excluding carboxylic acids is 1. The van der Waals surface area contributed by atoms with E-state index in [1.807, 2.05) is 6.92 Å². The summed E-state index contributed by atoms with van der Waals surface area (Å²) in [5.41, 5.74) is 0.450. The number of nitrogens with one attached hydrogen (secondary N) is 1. The first-order valence-corrected chi connectivity index (χ1v) is 11.5. The molecule has 0 unspecified atom stereocenters. The van der Waals surface area contributed by atoms with Crippen LogP contribution >= 0.6 is 23.2 Å². The van der Waals surface area contributed by atoms with Crippen LogP contribution in [-0.2, 0) is 16.8 Å². The first kappa shape index (κ1) is 24.2. The fourth-order valence-electron chi connectivity index (χ4n) is 3.62. The molecule has 1 saturated carbocycles. The zero-order valence-electron chi connectivity index (χ0n) is 18.4. The number of nitrogens with zero attached hydrogens (tertiary/aromatic N) is 3. The van der Waals surface area contributed by atoms with Crippen molar-refractivity contribution in [2.24, 2.45) is 0 Å². The van der Waals surface area contributed by atoms with E-state index in [-0.39, 0.29) is 35.3 Å². The van der Waals surface area contributed by atoms with E-state index in [2.05, 4.69) is 20.5 Å². The minimum atomic E-state index is -0.602. The summed E-state index contributed by atoms with van der Waals surface area (Å²) in [6, 6.07) is 5.70. The van der Waals surface area contributed by atoms with E-state index >= 15 is 0 Å². The summed E-state index contributed by atoms with van der Waals surface area (Å²) in [6.07, 6.45) is 5.06. The van der Waals surface area contributed by atoms with Gasteiger partial charge in [0.25, 0.3) is 11.8 Å². The van der Waals surface area contributed by atoms with Crippen molar-refractivity contribution in [2.75, 3.05) is 13.2 Å². The van der Waals surface area contributed by atoms with Gasteiger partial charge in [0.2, 0.25) is 5.89 Å². The van der Waals surface area contributed by atoms with E-state index in [0.717, 1.165) is 31.0 Å². The summed E-state index contributed by atoms with van der Waals surface area (Å²) in [7, 11) is 0.